The van der Waals surface area contributed by atoms with Crippen molar-refractivity contribution >= 4 is 21.9 Å². The Hall–Kier alpha value is -1.69. The summed E-state index contributed by atoms with van der Waals surface area (Å²) in [7, 11) is 0. The van der Waals surface area contributed by atoms with Crippen molar-refractivity contribution in [1.82, 2.24) is 15.2 Å². The maximum atomic E-state index is 12.3. The van der Waals surface area contributed by atoms with Crippen molar-refractivity contribution in [3.8, 4) is 0 Å². The lowest BCUT2D eigenvalue weighted by Crippen LogP contribution is -2.18. The molecule has 2 rings (SSSR count). The molecular weight excluding hydrogens is 334 g/mol. The summed E-state index contributed by atoms with van der Waals surface area (Å²) in [5.74, 6) is 0.489. The van der Waals surface area contributed by atoms with Gasteiger partial charge in [0.2, 0.25) is 0 Å². The Bertz CT molecular complexity index is 608. The number of hydrogen-bond donors (Lipinski definition) is 1. The summed E-state index contributed by atoms with van der Waals surface area (Å²) in [6, 6.07) is 7.54. The highest BCUT2D eigenvalue weighted by molar-refractivity contribution is 9.10. The number of benzene rings is 1. The Morgan fingerprint density at radius 1 is 1.33 bits per heavy atom. The fourth-order valence-electron chi connectivity index (χ4n) is 1.96. The maximum absolute atomic E-state index is 12.3. The van der Waals surface area contributed by atoms with Crippen LogP contribution in [0.4, 0.5) is 0 Å². The average molecular weight is 352 g/mol. The van der Waals surface area contributed by atoms with Crippen LogP contribution in [0.3, 0.4) is 0 Å². The number of hydrogen-bond acceptors (Lipinski definition) is 4. The maximum Gasteiger partial charge on any atom is 0.321 e. The molecule has 5 nitrogen and oxygen atoms in total. The first-order valence-corrected chi connectivity index (χ1v) is 7.66. The van der Waals surface area contributed by atoms with Gasteiger partial charge in [-0.05, 0) is 24.6 Å². The minimum absolute atomic E-state index is 0.197. The molecule has 1 aromatic carbocycles. The Morgan fingerprint density at radius 3 is 2.52 bits per heavy atom. The van der Waals surface area contributed by atoms with E-state index >= 15 is 0 Å². The lowest BCUT2D eigenvalue weighted by Gasteiger charge is -2.13. The second-order valence-corrected chi connectivity index (χ2v) is 5.89. The molecule has 0 saturated carbocycles. The predicted octanol–water partition coefficient (Wildman–Crippen LogP) is 3.39. The normalized spacial score (nSPS) is 12.4. The number of rotatable bonds is 5. The zero-order valence-corrected chi connectivity index (χ0v) is 13.8. The molecule has 112 valence electrons. The van der Waals surface area contributed by atoms with Crippen LogP contribution in [0.2, 0.25) is 0 Å². The van der Waals surface area contributed by atoms with Gasteiger partial charge in [0, 0.05) is 10.4 Å². The van der Waals surface area contributed by atoms with Gasteiger partial charge in [-0.25, -0.2) is 4.98 Å². The van der Waals surface area contributed by atoms with Gasteiger partial charge in [-0.1, -0.05) is 41.9 Å². The molecule has 1 heterocycles. The molecule has 6 heteroatoms. The fraction of sp³-hybridized carbons (Fsp3) is 0.400. The molecule has 21 heavy (non-hydrogen) atoms. The molecule has 0 bridgehead atoms. The van der Waals surface area contributed by atoms with Crippen molar-refractivity contribution in [3.05, 3.63) is 46.0 Å². The first-order chi connectivity index (χ1) is 10.0. The van der Waals surface area contributed by atoms with Crippen LogP contribution in [-0.4, -0.2) is 27.8 Å². The Balaban J connectivity index is 2.39. The number of nitrogens with zero attached hydrogens (tertiary/aromatic N) is 2. The standard InChI is InChI=1S/C15H18BrN3O2/c1-4-21-15(20)12(10-5-7-11(16)8-6-10)14-17-13(9(2)3)18-19-14/h5-9,12H,4H2,1-3H3,(H,17,18,19). The van der Waals surface area contributed by atoms with E-state index < -0.39 is 5.92 Å². The van der Waals surface area contributed by atoms with E-state index in [-0.39, 0.29) is 11.9 Å². The first-order valence-electron chi connectivity index (χ1n) is 6.87. The summed E-state index contributed by atoms with van der Waals surface area (Å²) in [5.41, 5.74) is 0.822. The van der Waals surface area contributed by atoms with E-state index in [1.54, 1.807) is 6.92 Å². The second kappa shape index (κ2) is 6.85. The molecule has 0 aliphatic rings. The molecule has 1 atom stereocenters. The van der Waals surface area contributed by atoms with Gasteiger partial charge in [-0.3, -0.25) is 9.89 Å². The summed E-state index contributed by atoms with van der Waals surface area (Å²) < 4.78 is 6.13. The Kier molecular flexibility index (Phi) is 5.12. The van der Waals surface area contributed by atoms with Crippen molar-refractivity contribution < 1.29 is 9.53 Å². The summed E-state index contributed by atoms with van der Waals surface area (Å²) in [4.78, 5) is 16.7. The van der Waals surface area contributed by atoms with Crippen molar-refractivity contribution in [2.75, 3.05) is 6.61 Å². The Morgan fingerprint density at radius 2 is 2.00 bits per heavy atom. The summed E-state index contributed by atoms with van der Waals surface area (Å²) in [6.45, 7) is 6.13. The number of halogens is 1. The number of ether oxygens (including phenoxy) is 1. The van der Waals surface area contributed by atoms with Crippen LogP contribution in [-0.2, 0) is 9.53 Å². The molecule has 2 aromatic rings. The monoisotopic (exact) mass is 351 g/mol. The first kappa shape index (κ1) is 15.7. The van der Waals surface area contributed by atoms with Gasteiger partial charge in [0.05, 0.1) is 6.61 Å². The van der Waals surface area contributed by atoms with E-state index in [1.807, 2.05) is 38.1 Å². The third-order valence-electron chi connectivity index (χ3n) is 3.04. The summed E-state index contributed by atoms with van der Waals surface area (Å²) in [6.07, 6.45) is 0. The topological polar surface area (TPSA) is 67.9 Å². The average Bonchev–Trinajstić information content (AvgIpc) is 2.91. The number of esters is 1. The van der Waals surface area contributed by atoms with Crippen LogP contribution in [0.1, 0.15) is 49.8 Å². The zero-order chi connectivity index (χ0) is 15.4. The molecule has 0 saturated heterocycles. The minimum Gasteiger partial charge on any atom is -0.465 e. The van der Waals surface area contributed by atoms with E-state index in [4.69, 9.17) is 4.74 Å². The molecule has 1 aromatic heterocycles. The number of H-pyrrole nitrogens is 1. The molecule has 0 fully saturated rings. The van der Waals surface area contributed by atoms with Crippen LogP contribution in [0, 0.1) is 0 Å². The van der Waals surface area contributed by atoms with Crippen molar-refractivity contribution in [1.29, 1.82) is 0 Å². The van der Waals surface area contributed by atoms with Gasteiger partial charge in [-0.15, -0.1) is 0 Å². The molecule has 0 aliphatic carbocycles. The quantitative estimate of drug-likeness (QED) is 0.838. The summed E-state index contributed by atoms with van der Waals surface area (Å²) >= 11 is 3.39. The molecule has 1 unspecified atom stereocenters. The van der Waals surface area contributed by atoms with E-state index in [9.17, 15) is 4.79 Å². The Labute approximate surface area is 132 Å². The van der Waals surface area contributed by atoms with Crippen LogP contribution < -0.4 is 0 Å². The number of nitrogens with one attached hydrogen (secondary N) is 1. The molecule has 0 radical (unpaired) electrons. The molecule has 0 aliphatic heterocycles. The largest absolute Gasteiger partial charge is 0.465 e. The van der Waals surface area contributed by atoms with E-state index in [0.717, 1.165) is 10.0 Å². The van der Waals surface area contributed by atoms with Gasteiger partial charge in [0.15, 0.2) is 5.82 Å². The lowest BCUT2D eigenvalue weighted by molar-refractivity contribution is -0.144. The fourth-order valence-corrected chi connectivity index (χ4v) is 2.23. The van der Waals surface area contributed by atoms with Crippen molar-refractivity contribution in [3.63, 3.8) is 0 Å². The number of carbonyl (C=O) groups excluding carboxylic acids is 1. The lowest BCUT2D eigenvalue weighted by atomic mass is 9.98. The molecular formula is C15H18BrN3O2. The van der Waals surface area contributed by atoms with Crippen molar-refractivity contribution in [2.24, 2.45) is 0 Å². The number of aromatic amines is 1. The molecule has 0 spiro atoms. The van der Waals surface area contributed by atoms with Gasteiger partial charge in [-0.2, -0.15) is 5.10 Å². The SMILES string of the molecule is CCOC(=O)C(c1ccc(Br)cc1)c1nc(C(C)C)n[nH]1. The zero-order valence-electron chi connectivity index (χ0n) is 12.3. The van der Waals surface area contributed by atoms with E-state index in [2.05, 4.69) is 31.1 Å². The van der Waals surface area contributed by atoms with Gasteiger partial charge in [0.25, 0.3) is 0 Å². The third-order valence-corrected chi connectivity index (χ3v) is 3.56. The molecule has 1 N–H and O–H groups in total. The highest BCUT2D eigenvalue weighted by Gasteiger charge is 2.28. The third kappa shape index (κ3) is 3.69. The van der Waals surface area contributed by atoms with Crippen LogP contribution in [0.25, 0.3) is 0 Å². The highest BCUT2D eigenvalue weighted by atomic mass is 79.9. The van der Waals surface area contributed by atoms with Gasteiger partial charge in [0.1, 0.15) is 11.7 Å². The number of aromatic nitrogens is 3. The summed E-state index contributed by atoms with van der Waals surface area (Å²) in [5, 5.41) is 7.03. The highest BCUT2D eigenvalue weighted by Crippen LogP contribution is 2.26. The minimum atomic E-state index is -0.585. The molecule has 0 amide bonds. The van der Waals surface area contributed by atoms with Gasteiger partial charge < -0.3 is 4.74 Å². The van der Waals surface area contributed by atoms with Gasteiger partial charge >= 0.3 is 5.97 Å². The predicted molar refractivity (Wildman–Crippen MR) is 83.1 cm³/mol. The number of carbonyl (C=O) groups is 1. The van der Waals surface area contributed by atoms with E-state index in [0.29, 0.717) is 18.3 Å². The van der Waals surface area contributed by atoms with Crippen LogP contribution >= 0.6 is 15.9 Å². The van der Waals surface area contributed by atoms with Crippen LogP contribution in [0.15, 0.2) is 28.7 Å². The smallest absolute Gasteiger partial charge is 0.321 e. The van der Waals surface area contributed by atoms with E-state index in [1.165, 1.54) is 0 Å². The van der Waals surface area contributed by atoms with Crippen LogP contribution in [0.5, 0.6) is 0 Å². The second-order valence-electron chi connectivity index (χ2n) is 4.97. The van der Waals surface area contributed by atoms with Crippen molar-refractivity contribution in [2.45, 2.75) is 32.6 Å².